The summed E-state index contributed by atoms with van der Waals surface area (Å²) in [6, 6.07) is 12.5. The van der Waals surface area contributed by atoms with Crippen molar-refractivity contribution in [1.82, 2.24) is 4.90 Å². The zero-order valence-electron chi connectivity index (χ0n) is 38.7. The number of hydrogen-bond donors (Lipinski definition) is 3. The second-order valence-electron chi connectivity index (χ2n) is 17.9. The first-order valence-electron chi connectivity index (χ1n) is 21.6. The Labute approximate surface area is 366 Å². The molecular formula is C47H70FN3O11. The second kappa shape index (κ2) is 21.7. The number of cyclic esters (lactones) is 1. The summed E-state index contributed by atoms with van der Waals surface area (Å²) >= 11 is 0. The van der Waals surface area contributed by atoms with Crippen LogP contribution in [0, 0.1) is 29.5 Å². The number of aliphatic hydroxyl groups excluding tert-OH is 2. The largest absolute Gasteiger partial charge is 0.497 e. The Hall–Kier alpha value is -3.83. The van der Waals surface area contributed by atoms with Crippen molar-refractivity contribution in [2.75, 3.05) is 28.3 Å². The molecule has 3 unspecified atom stereocenters. The monoisotopic (exact) mass is 871 g/mol. The third kappa shape index (κ3) is 12.0. The molecule has 0 aliphatic carbocycles. The number of benzene rings is 2. The number of nitrogens with zero attached hydrogens (tertiary/aromatic N) is 3. The van der Waals surface area contributed by atoms with Crippen molar-refractivity contribution in [3.8, 4) is 5.75 Å². The minimum Gasteiger partial charge on any atom is -0.497 e. The lowest BCUT2D eigenvalue weighted by atomic mass is 9.73. The quantitative estimate of drug-likeness (QED) is 0.142. The Morgan fingerprint density at radius 2 is 1.61 bits per heavy atom. The Bertz CT molecular complexity index is 1840. The molecule has 2 aliphatic rings. The van der Waals surface area contributed by atoms with E-state index in [0.29, 0.717) is 29.2 Å². The van der Waals surface area contributed by atoms with E-state index in [1.54, 1.807) is 34.8 Å². The topological polar surface area (TPSA) is 178 Å². The number of methoxy groups -OCH3 is 2. The van der Waals surface area contributed by atoms with Gasteiger partial charge in [0.15, 0.2) is 6.29 Å². The summed E-state index contributed by atoms with van der Waals surface area (Å²) < 4.78 is 51.0. The fourth-order valence-electron chi connectivity index (χ4n) is 8.97. The molecule has 2 aliphatic heterocycles. The van der Waals surface area contributed by atoms with Crippen molar-refractivity contribution in [2.24, 2.45) is 33.9 Å². The summed E-state index contributed by atoms with van der Waals surface area (Å²) in [5.74, 6) is -4.61. The molecule has 4 rings (SSSR count). The first kappa shape index (κ1) is 50.8. The van der Waals surface area contributed by atoms with Crippen LogP contribution in [0.2, 0.25) is 0 Å². The molecule has 14 atom stereocenters. The van der Waals surface area contributed by atoms with Gasteiger partial charge in [-0.25, -0.2) is 4.39 Å². The van der Waals surface area contributed by atoms with Crippen molar-refractivity contribution in [2.45, 2.75) is 148 Å². The van der Waals surface area contributed by atoms with Crippen LogP contribution in [-0.2, 0) is 39.7 Å². The van der Waals surface area contributed by atoms with Crippen molar-refractivity contribution >= 4 is 23.4 Å². The van der Waals surface area contributed by atoms with E-state index in [1.807, 2.05) is 71.0 Å². The van der Waals surface area contributed by atoms with Crippen molar-refractivity contribution in [3.05, 3.63) is 65.5 Å². The Kier molecular flexibility index (Phi) is 17.8. The molecule has 62 heavy (non-hydrogen) atoms. The summed E-state index contributed by atoms with van der Waals surface area (Å²) in [5, 5.41) is 45.3. The standard InChI is InChI=1S/C47H70FN3O11/c1-14-37-47(9,56)42(54)28(4)39(50-49-31(7)33-17-21-35(57-12)22-18-33)26(2)25-46(8,58-13)43(62-45-40(53)36(51(10)11)23-27(3)59-45)29(5)41(30(6)44(55)60-37)61-38(52)24-32-15-19-34(48)20-16-32/h15-22,26-30,36-37,40-43,45,53-54,56H,14,23-25H2,1-13H3/b49-31+,50-39+/t26-,27-,28+,29+,30-,36?,37-,40?,41+,42-,43-,45?,46-,47-/m1/s1. The normalized spacial score (nSPS) is 36.2. The van der Waals surface area contributed by atoms with Gasteiger partial charge in [0.25, 0.3) is 0 Å². The van der Waals surface area contributed by atoms with Crippen LogP contribution in [0.4, 0.5) is 4.39 Å². The molecule has 2 heterocycles. The van der Waals surface area contributed by atoms with E-state index in [0.717, 1.165) is 5.56 Å². The lowest BCUT2D eigenvalue weighted by Gasteiger charge is -2.48. The predicted octanol–water partition coefficient (Wildman–Crippen LogP) is 5.75. The lowest BCUT2D eigenvalue weighted by molar-refractivity contribution is -0.301. The van der Waals surface area contributed by atoms with Crippen LogP contribution in [0.15, 0.2) is 58.7 Å². The average Bonchev–Trinajstić information content (AvgIpc) is 3.23. The van der Waals surface area contributed by atoms with Crippen LogP contribution < -0.4 is 4.74 Å². The van der Waals surface area contributed by atoms with E-state index in [1.165, 1.54) is 38.3 Å². The molecule has 346 valence electrons. The second-order valence-corrected chi connectivity index (χ2v) is 17.9. The van der Waals surface area contributed by atoms with Gasteiger partial charge in [-0.2, -0.15) is 10.2 Å². The first-order chi connectivity index (χ1) is 29.1. The summed E-state index contributed by atoms with van der Waals surface area (Å²) in [7, 11) is 6.84. The molecular weight excluding hydrogens is 802 g/mol. The third-order valence-electron chi connectivity index (χ3n) is 12.9. The number of rotatable bonds is 11. The van der Waals surface area contributed by atoms with Gasteiger partial charge in [0.05, 0.1) is 49.1 Å². The van der Waals surface area contributed by atoms with Crippen LogP contribution >= 0.6 is 0 Å². The van der Waals surface area contributed by atoms with Gasteiger partial charge in [-0.3, -0.25) is 9.59 Å². The van der Waals surface area contributed by atoms with E-state index in [4.69, 9.17) is 33.5 Å². The number of carbonyl (C=O) groups is 2. The highest BCUT2D eigenvalue weighted by atomic mass is 19.1. The Balaban J connectivity index is 1.92. The number of carbonyl (C=O) groups excluding carboxylic acids is 2. The molecule has 15 heteroatoms. The maximum absolute atomic E-state index is 14.3. The minimum absolute atomic E-state index is 0.131. The lowest BCUT2D eigenvalue weighted by Crippen LogP contribution is -2.60. The molecule has 3 N–H and O–H groups in total. The predicted molar refractivity (Wildman–Crippen MR) is 233 cm³/mol. The van der Waals surface area contributed by atoms with Gasteiger partial charge >= 0.3 is 11.9 Å². The third-order valence-corrected chi connectivity index (χ3v) is 12.9. The van der Waals surface area contributed by atoms with Gasteiger partial charge in [-0.1, -0.05) is 39.8 Å². The molecule has 0 radical (unpaired) electrons. The van der Waals surface area contributed by atoms with Crippen molar-refractivity contribution < 1.29 is 57.7 Å². The summed E-state index contributed by atoms with van der Waals surface area (Å²) in [6.07, 6.45) is -6.92. The molecule has 0 saturated carbocycles. The molecule has 0 bridgehead atoms. The van der Waals surface area contributed by atoms with Gasteiger partial charge in [0.2, 0.25) is 0 Å². The fraction of sp³-hybridized carbons (Fsp3) is 0.660. The number of aliphatic hydroxyl groups is 3. The van der Waals surface area contributed by atoms with Gasteiger partial charge in [-0.15, -0.1) is 0 Å². The molecule has 2 aromatic carbocycles. The maximum atomic E-state index is 14.3. The Morgan fingerprint density at radius 1 is 0.984 bits per heavy atom. The highest BCUT2D eigenvalue weighted by molar-refractivity contribution is 5.99. The van der Waals surface area contributed by atoms with Crippen molar-refractivity contribution in [1.29, 1.82) is 0 Å². The summed E-state index contributed by atoms with van der Waals surface area (Å²) in [5.41, 5.74) is -0.987. The van der Waals surface area contributed by atoms with Crippen LogP contribution in [0.25, 0.3) is 0 Å². The molecule has 0 amide bonds. The van der Waals surface area contributed by atoms with Gasteiger partial charge < -0.3 is 48.6 Å². The molecule has 0 aromatic heterocycles. The average molecular weight is 872 g/mol. The fourth-order valence-corrected chi connectivity index (χ4v) is 8.97. The maximum Gasteiger partial charge on any atom is 0.312 e. The minimum atomic E-state index is -1.98. The number of ether oxygens (including phenoxy) is 6. The highest BCUT2D eigenvalue weighted by Crippen LogP contribution is 2.40. The molecule has 2 aromatic rings. The Morgan fingerprint density at radius 3 is 2.18 bits per heavy atom. The van der Waals surface area contributed by atoms with Crippen LogP contribution in [-0.4, -0.2) is 132 Å². The smallest absolute Gasteiger partial charge is 0.312 e. The van der Waals surface area contributed by atoms with Gasteiger partial charge in [0, 0.05) is 30.7 Å². The number of halogens is 1. The number of likely N-dealkylation sites (N-methyl/N-ethyl adjacent to an activating group) is 1. The van der Waals surface area contributed by atoms with Crippen LogP contribution in [0.1, 0.15) is 92.7 Å². The molecule has 0 spiro atoms. The first-order valence-corrected chi connectivity index (χ1v) is 21.6. The number of hydrogen-bond acceptors (Lipinski definition) is 14. The SMILES string of the molecule is CC[C@H]1OC(=O)[C@H](C)[C@@H](OC(=O)Cc2ccc(F)cc2)[C@H](C)[C@@H](OC2O[C@H](C)CC(N(C)C)C2O)[C@](C)(OC)C[C@@H](C)/C(=N\N=C(/C)c2ccc(OC)cc2)[C@H](C)[C@@H](O)[C@]1(C)O. The van der Waals surface area contributed by atoms with E-state index in [2.05, 4.69) is 5.10 Å². The van der Waals surface area contributed by atoms with E-state index < -0.39 is 89.4 Å². The summed E-state index contributed by atoms with van der Waals surface area (Å²) in [4.78, 5) is 30.1. The molecule has 2 fully saturated rings. The zero-order valence-corrected chi connectivity index (χ0v) is 38.7. The number of esters is 2. The van der Waals surface area contributed by atoms with E-state index >= 15 is 0 Å². The van der Waals surface area contributed by atoms with Gasteiger partial charge in [0.1, 0.15) is 35.5 Å². The molecule has 14 nitrogen and oxygen atoms in total. The van der Waals surface area contributed by atoms with Gasteiger partial charge in [-0.05, 0) is 121 Å². The highest BCUT2D eigenvalue weighted by Gasteiger charge is 2.52. The van der Waals surface area contributed by atoms with E-state index in [-0.39, 0.29) is 31.4 Å². The summed E-state index contributed by atoms with van der Waals surface area (Å²) in [6.45, 7) is 15.7. The van der Waals surface area contributed by atoms with Crippen LogP contribution in [0.3, 0.4) is 0 Å². The molecule has 2 saturated heterocycles. The van der Waals surface area contributed by atoms with Crippen molar-refractivity contribution in [3.63, 3.8) is 0 Å². The van der Waals surface area contributed by atoms with E-state index in [9.17, 15) is 29.3 Å². The van der Waals surface area contributed by atoms with Crippen LogP contribution in [0.5, 0.6) is 5.75 Å². The zero-order chi connectivity index (χ0) is 46.3.